The Labute approximate surface area is 182 Å². The quantitative estimate of drug-likeness (QED) is 0.642. The van der Waals surface area contributed by atoms with Crippen LogP contribution in [0.4, 0.5) is 24.5 Å². The van der Waals surface area contributed by atoms with Gasteiger partial charge < -0.3 is 15.3 Å². The lowest BCUT2D eigenvalue weighted by Crippen LogP contribution is -2.21. The molecule has 1 saturated heterocycles. The number of pyridine rings is 1. The number of carbonyl (C=O) groups excluding carboxylic acids is 1. The van der Waals surface area contributed by atoms with Gasteiger partial charge in [0.25, 0.3) is 5.91 Å². The van der Waals surface area contributed by atoms with E-state index in [4.69, 9.17) is 0 Å². The Hall–Kier alpha value is -3.53. The number of rotatable bonds is 4. The van der Waals surface area contributed by atoms with Crippen molar-refractivity contribution in [2.24, 2.45) is 0 Å². The van der Waals surface area contributed by atoms with E-state index in [2.05, 4.69) is 20.3 Å². The standard InChI is InChI=1S/C22H20F3N5O2/c1-13-2-3-14(21(32)29-16-5-15(6-26-7-16)22(23,24)25)4-18(13)19-10-30(11-20(19)31)17-8-27-12-28-9-17/h2-9,12,19-20,31H,10-11H2,1H3,(H,29,32)/t19-,20+/m0/s1. The fraction of sp³-hybridized carbons (Fsp3) is 0.273. The number of carbonyl (C=O) groups is 1. The first-order valence-electron chi connectivity index (χ1n) is 9.84. The van der Waals surface area contributed by atoms with Crippen LogP contribution in [0.3, 0.4) is 0 Å². The van der Waals surface area contributed by atoms with Crippen LogP contribution in [-0.2, 0) is 6.18 Å². The van der Waals surface area contributed by atoms with E-state index in [1.807, 2.05) is 11.8 Å². The molecule has 1 fully saturated rings. The Bertz CT molecular complexity index is 1120. The lowest BCUT2D eigenvalue weighted by atomic mass is 9.90. The molecule has 7 nitrogen and oxygen atoms in total. The van der Waals surface area contributed by atoms with Crippen LogP contribution in [0.2, 0.25) is 0 Å². The number of anilines is 2. The maximum atomic E-state index is 12.9. The van der Waals surface area contributed by atoms with Crippen LogP contribution < -0.4 is 10.2 Å². The highest BCUT2D eigenvalue weighted by molar-refractivity contribution is 6.04. The van der Waals surface area contributed by atoms with Gasteiger partial charge in [-0.1, -0.05) is 6.07 Å². The number of aryl methyl sites for hydroxylation is 1. The van der Waals surface area contributed by atoms with Crippen LogP contribution in [-0.4, -0.2) is 45.2 Å². The van der Waals surface area contributed by atoms with Crippen molar-refractivity contribution in [1.29, 1.82) is 0 Å². The van der Waals surface area contributed by atoms with Gasteiger partial charge in [0.05, 0.1) is 41.6 Å². The fourth-order valence-electron chi connectivity index (χ4n) is 3.81. The molecule has 2 atom stereocenters. The molecule has 1 aliphatic heterocycles. The maximum absolute atomic E-state index is 12.9. The normalized spacial score (nSPS) is 18.6. The molecule has 0 aliphatic carbocycles. The van der Waals surface area contributed by atoms with Crippen LogP contribution in [0.5, 0.6) is 0 Å². The highest BCUT2D eigenvalue weighted by Gasteiger charge is 2.34. The minimum absolute atomic E-state index is 0.0527. The molecule has 166 valence electrons. The molecule has 3 aromatic rings. The lowest BCUT2D eigenvalue weighted by Gasteiger charge is -2.19. The summed E-state index contributed by atoms with van der Waals surface area (Å²) < 4.78 is 38.7. The third kappa shape index (κ3) is 4.54. The number of β-amino-alcohol motifs (C(OH)–C–C–N with tert-alkyl or cyclic N) is 1. The number of hydrogen-bond donors (Lipinski definition) is 2. The van der Waals surface area contributed by atoms with Gasteiger partial charge in [-0.25, -0.2) is 9.97 Å². The zero-order valence-corrected chi connectivity index (χ0v) is 17.0. The number of benzene rings is 1. The van der Waals surface area contributed by atoms with Crippen LogP contribution in [0.1, 0.15) is 33.0 Å². The van der Waals surface area contributed by atoms with Gasteiger partial charge >= 0.3 is 6.18 Å². The number of hydrogen-bond acceptors (Lipinski definition) is 6. The highest BCUT2D eigenvalue weighted by Crippen LogP contribution is 2.33. The maximum Gasteiger partial charge on any atom is 0.417 e. The van der Waals surface area contributed by atoms with Crippen molar-refractivity contribution in [1.82, 2.24) is 15.0 Å². The molecular weight excluding hydrogens is 423 g/mol. The topological polar surface area (TPSA) is 91.2 Å². The van der Waals surface area contributed by atoms with E-state index < -0.39 is 23.8 Å². The third-order valence-corrected chi connectivity index (χ3v) is 5.47. The van der Waals surface area contributed by atoms with Crippen molar-refractivity contribution in [2.45, 2.75) is 25.1 Å². The first-order chi connectivity index (χ1) is 15.2. The average Bonchev–Trinajstić information content (AvgIpc) is 3.15. The molecule has 1 aliphatic rings. The number of alkyl halides is 3. The SMILES string of the molecule is Cc1ccc(C(=O)Nc2cncc(C(F)(F)F)c2)cc1[C@@H]1CN(c2cncnc2)C[C@H]1O. The summed E-state index contributed by atoms with van der Waals surface area (Å²) in [4.78, 5) is 26.2. The minimum Gasteiger partial charge on any atom is -0.391 e. The van der Waals surface area contributed by atoms with E-state index >= 15 is 0 Å². The molecule has 1 aromatic carbocycles. The van der Waals surface area contributed by atoms with Gasteiger partial charge in [0.1, 0.15) is 6.33 Å². The van der Waals surface area contributed by atoms with Crippen molar-refractivity contribution in [3.8, 4) is 0 Å². The van der Waals surface area contributed by atoms with Gasteiger partial charge in [0.15, 0.2) is 0 Å². The molecule has 10 heteroatoms. The van der Waals surface area contributed by atoms with E-state index in [0.717, 1.165) is 29.1 Å². The minimum atomic E-state index is -4.56. The van der Waals surface area contributed by atoms with Crippen molar-refractivity contribution in [2.75, 3.05) is 23.3 Å². The lowest BCUT2D eigenvalue weighted by molar-refractivity contribution is -0.137. The second-order valence-electron chi connectivity index (χ2n) is 7.66. The molecule has 4 rings (SSSR count). The Morgan fingerprint density at radius 1 is 1.09 bits per heavy atom. The second-order valence-corrected chi connectivity index (χ2v) is 7.66. The van der Waals surface area contributed by atoms with Gasteiger partial charge in [-0.2, -0.15) is 13.2 Å². The molecule has 32 heavy (non-hydrogen) atoms. The van der Waals surface area contributed by atoms with E-state index in [-0.39, 0.29) is 17.2 Å². The van der Waals surface area contributed by atoms with Gasteiger partial charge in [-0.3, -0.25) is 9.78 Å². The summed E-state index contributed by atoms with van der Waals surface area (Å²) in [5.74, 6) is -0.814. The Morgan fingerprint density at radius 2 is 1.84 bits per heavy atom. The summed E-state index contributed by atoms with van der Waals surface area (Å²) >= 11 is 0. The van der Waals surface area contributed by atoms with Crippen molar-refractivity contribution in [3.63, 3.8) is 0 Å². The summed E-state index contributed by atoms with van der Waals surface area (Å²) in [6.45, 7) is 2.79. The molecule has 0 unspecified atom stereocenters. The Kier molecular flexibility index (Phi) is 5.79. The zero-order valence-electron chi connectivity index (χ0n) is 17.0. The van der Waals surface area contributed by atoms with Crippen molar-refractivity contribution in [3.05, 3.63) is 77.6 Å². The van der Waals surface area contributed by atoms with E-state index in [9.17, 15) is 23.1 Å². The first-order valence-corrected chi connectivity index (χ1v) is 9.84. The van der Waals surface area contributed by atoms with Gasteiger partial charge in [-0.15, -0.1) is 0 Å². The number of amides is 1. The van der Waals surface area contributed by atoms with Gasteiger partial charge in [0.2, 0.25) is 0 Å². The molecule has 3 heterocycles. The van der Waals surface area contributed by atoms with Crippen molar-refractivity contribution < 1.29 is 23.1 Å². The van der Waals surface area contributed by atoms with E-state index in [1.54, 1.807) is 30.6 Å². The molecular formula is C22H20F3N5O2. The molecule has 2 aromatic heterocycles. The number of aromatic nitrogens is 3. The monoisotopic (exact) mass is 443 g/mol. The van der Waals surface area contributed by atoms with Crippen LogP contribution in [0, 0.1) is 6.92 Å². The van der Waals surface area contributed by atoms with Crippen LogP contribution >= 0.6 is 0 Å². The molecule has 0 spiro atoms. The number of nitrogens with one attached hydrogen (secondary N) is 1. The zero-order chi connectivity index (χ0) is 22.9. The van der Waals surface area contributed by atoms with Gasteiger partial charge in [0, 0.05) is 30.8 Å². The Balaban J connectivity index is 1.55. The van der Waals surface area contributed by atoms with Crippen LogP contribution in [0.25, 0.3) is 0 Å². The largest absolute Gasteiger partial charge is 0.417 e. The van der Waals surface area contributed by atoms with Gasteiger partial charge in [-0.05, 0) is 36.2 Å². The highest BCUT2D eigenvalue weighted by atomic mass is 19.4. The summed E-state index contributed by atoms with van der Waals surface area (Å²) in [7, 11) is 0. The smallest absolute Gasteiger partial charge is 0.391 e. The summed E-state index contributed by atoms with van der Waals surface area (Å²) in [5, 5.41) is 13.1. The number of nitrogens with zero attached hydrogens (tertiary/aromatic N) is 4. The van der Waals surface area contributed by atoms with E-state index in [0.29, 0.717) is 19.3 Å². The molecule has 0 radical (unpaired) electrons. The number of aliphatic hydroxyl groups is 1. The number of halogens is 3. The molecule has 2 N–H and O–H groups in total. The van der Waals surface area contributed by atoms with E-state index in [1.165, 1.54) is 6.33 Å². The molecule has 0 bridgehead atoms. The predicted molar refractivity (Wildman–Crippen MR) is 111 cm³/mol. The van der Waals surface area contributed by atoms with Crippen molar-refractivity contribution >= 4 is 17.3 Å². The number of aliphatic hydroxyl groups excluding tert-OH is 1. The predicted octanol–water partition coefficient (Wildman–Crippen LogP) is 3.42. The summed E-state index contributed by atoms with van der Waals surface area (Å²) in [6.07, 6.45) is 1.40. The Morgan fingerprint density at radius 3 is 2.56 bits per heavy atom. The summed E-state index contributed by atoms with van der Waals surface area (Å²) in [5.41, 5.74) is 1.76. The third-order valence-electron chi connectivity index (χ3n) is 5.47. The fourth-order valence-corrected chi connectivity index (χ4v) is 3.81. The first kappa shape index (κ1) is 21.7. The second kappa shape index (κ2) is 8.54. The molecule has 1 amide bonds. The molecule has 0 saturated carbocycles. The van der Waals surface area contributed by atoms with Crippen LogP contribution in [0.15, 0.2) is 55.4 Å². The summed E-state index contributed by atoms with van der Waals surface area (Å²) in [6, 6.07) is 5.86. The average molecular weight is 443 g/mol.